The molecule has 0 saturated carbocycles. The van der Waals surface area contributed by atoms with E-state index in [9.17, 15) is 26.4 Å². The molecule has 6 rings (SSSR count). The summed E-state index contributed by atoms with van der Waals surface area (Å²) in [5.74, 6) is -5.93. The minimum absolute atomic E-state index is 0.112. The Morgan fingerprint density at radius 3 is 1.85 bits per heavy atom. The Balaban J connectivity index is 1.74. The molecular weight excluding hydrogens is 647 g/mol. The van der Waals surface area contributed by atoms with Gasteiger partial charge in [0.05, 0.1) is 27.2 Å². The van der Waals surface area contributed by atoms with E-state index in [2.05, 4.69) is 0 Å². The molecule has 0 amide bonds. The monoisotopic (exact) mass is 667 g/mol. The number of hydrogen-bond acceptors (Lipinski definition) is 3. The van der Waals surface area contributed by atoms with Crippen LogP contribution in [-0.2, 0) is 10.0 Å². The molecule has 0 N–H and O–H groups in total. The van der Waals surface area contributed by atoms with Crippen LogP contribution in [0.15, 0.2) is 102 Å². The fourth-order valence-electron chi connectivity index (χ4n) is 5.50. The Bertz CT molecular complexity index is 2290. The van der Waals surface area contributed by atoms with Crippen LogP contribution in [0.3, 0.4) is 0 Å². The Morgan fingerprint density at radius 1 is 0.660 bits per heavy atom. The molecular formula is C35H20F7NO3S. The average Bonchev–Trinajstić information content (AvgIpc) is 3.35. The highest BCUT2D eigenvalue weighted by Gasteiger charge is 2.32. The molecule has 0 unspecified atom stereocenters. The van der Waals surface area contributed by atoms with Crippen LogP contribution in [0.2, 0.25) is 0 Å². The van der Waals surface area contributed by atoms with Crippen molar-refractivity contribution in [1.29, 1.82) is 0 Å². The van der Waals surface area contributed by atoms with Crippen molar-refractivity contribution in [3.05, 3.63) is 137 Å². The van der Waals surface area contributed by atoms with Gasteiger partial charge in [0, 0.05) is 27.6 Å². The SMILES string of the molecule is CC(=O)c1cc(F)c(-c2cccc(-c3c(-c4c(F)cccc4F)c4cc(F)ccc4n3S(=O)(=O)c3ccc(C(F)F)cc3)c2)c(F)c1. The first-order valence-electron chi connectivity index (χ1n) is 13.8. The molecule has 0 aliphatic carbocycles. The second-order valence-corrected chi connectivity index (χ2v) is 12.4. The second-order valence-electron chi connectivity index (χ2n) is 10.6. The van der Waals surface area contributed by atoms with Gasteiger partial charge in [0.15, 0.2) is 5.78 Å². The van der Waals surface area contributed by atoms with Crippen LogP contribution in [0.25, 0.3) is 44.4 Å². The Labute approximate surface area is 263 Å². The third-order valence-electron chi connectivity index (χ3n) is 7.64. The summed E-state index contributed by atoms with van der Waals surface area (Å²) in [5.41, 5.74) is -3.26. The van der Waals surface area contributed by atoms with Gasteiger partial charge < -0.3 is 0 Å². The van der Waals surface area contributed by atoms with Gasteiger partial charge in [-0.25, -0.2) is 43.1 Å². The maximum atomic E-state index is 15.5. The number of rotatable bonds is 7. The van der Waals surface area contributed by atoms with Crippen LogP contribution in [0.4, 0.5) is 30.7 Å². The van der Waals surface area contributed by atoms with Crippen molar-refractivity contribution < 1.29 is 43.9 Å². The topological polar surface area (TPSA) is 56.1 Å². The molecule has 6 aromatic rings. The smallest absolute Gasteiger partial charge is 0.268 e. The Morgan fingerprint density at radius 2 is 1.26 bits per heavy atom. The zero-order valence-corrected chi connectivity index (χ0v) is 24.9. The lowest BCUT2D eigenvalue weighted by Crippen LogP contribution is -2.14. The van der Waals surface area contributed by atoms with E-state index in [-0.39, 0.29) is 27.6 Å². The number of carbonyl (C=O) groups is 1. The second kappa shape index (κ2) is 11.8. The number of aromatic nitrogens is 1. The quantitative estimate of drug-likeness (QED) is 0.126. The molecule has 0 aliphatic heterocycles. The number of hydrogen-bond donors (Lipinski definition) is 0. The fourth-order valence-corrected chi connectivity index (χ4v) is 7.05. The van der Waals surface area contributed by atoms with E-state index in [0.717, 1.165) is 79.7 Å². The van der Waals surface area contributed by atoms with Crippen molar-refractivity contribution >= 4 is 26.7 Å². The lowest BCUT2D eigenvalue weighted by Gasteiger charge is -2.16. The van der Waals surface area contributed by atoms with Crippen LogP contribution in [-0.4, -0.2) is 18.2 Å². The summed E-state index contributed by atoms with van der Waals surface area (Å²) in [7, 11) is -4.80. The molecule has 238 valence electrons. The van der Waals surface area contributed by atoms with Crippen molar-refractivity contribution in [3.63, 3.8) is 0 Å². The number of ketones is 1. The molecule has 1 aromatic heterocycles. The number of fused-ring (bicyclic) bond motifs is 1. The highest BCUT2D eigenvalue weighted by molar-refractivity contribution is 7.90. The number of carbonyl (C=O) groups excluding carboxylic acids is 1. The highest BCUT2D eigenvalue weighted by atomic mass is 32.2. The van der Waals surface area contributed by atoms with Gasteiger partial charge in [0.2, 0.25) is 0 Å². The molecule has 0 radical (unpaired) electrons. The number of alkyl halides is 2. The molecule has 5 aromatic carbocycles. The van der Waals surface area contributed by atoms with E-state index >= 15 is 17.6 Å². The van der Waals surface area contributed by atoms with E-state index < -0.39 is 84.2 Å². The van der Waals surface area contributed by atoms with E-state index in [1.807, 2.05) is 0 Å². The third kappa shape index (κ3) is 5.48. The van der Waals surface area contributed by atoms with Crippen LogP contribution >= 0.6 is 0 Å². The maximum absolute atomic E-state index is 15.5. The lowest BCUT2D eigenvalue weighted by atomic mass is 9.94. The molecule has 0 spiro atoms. The van der Waals surface area contributed by atoms with Crippen molar-refractivity contribution in [1.82, 2.24) is 3.97 Å². The lowest BCUT2D eigenvalue weighted by molar-refractivity contribution is 0.101. The van der Waals surface area contributed by atoms with Crippen LogP contribution in [0.1, 0.15) is 29.3 Å². The predicted octanol–water partition coefficient (Wildman–Crippen LogP) is 9.71. The minimum Gasteiger partial charge on any atom is -0.295 e. The standard InChI is InChI=1S/C35H20F7NO3S/c1-18(44)22-15-28(39)31(29(40)16-22)20-4-2-5-21(14-20)34-32(33-26(37)6-3-7-27(33)38)25-17-23(36)10-13-30(25)43(34)47(45,46)24-11-8-19(9-12-24)35(41)42/h2-17,35H,1H3. The van der Waals surface area contributed by atoms with Crippen molar-refractivity contribution in [2.24, 2.45) is 0 Å². The van der Waals surface area contributed by atoms with Gasteiger partial charge in [-0.1, -0.05) is 36.4 Å². The molecule has 0 aliphatic rings. The van der Waals surface area contributed by atoms with E-state index in [1.165, 1.54) is 24.3 Å². The van der Waals surface area contributed by atoms with Crippen LogP contribution in [0.5, 0.6) is 0 Å². The van der Waals surface area contributed by atoms with E-state index in [0.29, 0.717) is 3.97 Å². The largest absolute Gasteiger partial charge is 0.295 e. The maximum Gasteiger partial charge on any atom is 0.268 e. The average molecular weight is 668 g/mol. The number of benzene rings is 5. The number of nitrogens with zero attached hydrogens (tertiary/aromatic N) is 1. The molecule has 0 atom stereocenters. The summed E-state index contributed by atoms with van der Waals surface area (Å²) in [6.45, 7) is 1.13. The highest BCUT2D eigenvalue weighted by Crippen LogP contribution is 2.46. The summed E-state index contributed by atoms with van der Waals surface area (Å²) in [5, 5.41) is -0.231. The zero-order chi connectivity index (χ0) is 33.8. The molecule has 0 saturated heterocycles. The number of halogens is 7. The normalized spacial score (nSPS) is 11.9. The molecule has 4 nitrogen and oxygen atoms in total. The molecule has 0 fully saturated rings. The van der Waals surface area contributed by atoms with Gasteiger partial charge in [-0.2, -0.15) is 0 Å². The van der Waals surface area contributed by atoms with Gasteiger partial charge in [-0.05, 0) is 73.2 Å². The molecule has 1 heterocycles. The summed E-state index contributed by atoms with van der Waals surface area (Å²) >= 11 is 0. The first-order valence-corrected chi connectivity index (χ1v) is 15.3. The van der Waals surface area contributed by atoms with Gasteiger partial charge >= 0.3 is 0 Å². The minimum atomic E-state index is -4.80. The fraction of sp³-hybridized carbons (Fsp3) is 0.0571. The molecule has 12 heteroatoms. The van der Waals surface area contributed by atoms with Crippen LogP contribution < -0.4 is 0 Å². The van der Waals surface area contributed by atoms with Crippen molar-refractivity contribution in [2.45, 2.75) is 18.2 Å². The zero-order valence-electron chi connectivity index (χ0n) is 24.0. The van der Waals surface area contributed by atoms with Crippen LogP contribution in [0, 0.1) is 29.1 Å². The summed E-state index contributed by atoms with van der Waals surface area (Å²) in [6, 6.07) is 16.2. The molecule has 47 heavy (non-hydrogen) atoms. The Kier molecular flexibility index (Phi) is 8.00. The van der Waals surface area contributed by atoms with Crippen molar-refractivity contribution in [2.75, 3.05) is 0 Å². The number of Topliss-reactive ketones (excluding diaryl/α,β-unsaturated/α-hetero) is 1. The van der Waals surface area contributed by atoms with Gasteiger partial charge in [0.25, 0.3) is 16.4 Å². The van der Waals surface area contributed by atoms with Gasteiger partial charge in [0.1, 0.15) is 29.1 Å². The Hall–Kier alpha value is -5.23. The molecule has 0 bridgehead atoms. The first-order chi connectivity index (χ1) is 22.3. The summed E-state index contributed by atoms with van der Waals surface area (Å²) < 4.78 is 132. The summed E-state index contributed by atoms with van der Waals surface area (Å²) in [4.78, 5) is 11.3. The summed E-state index contributed by atoms with van der Waals surface area (Å²) in [6.07, 6.45) is -2.90. The van der Waals surface area contributed by atoms with Crippen molar-refractivity contribution in [3.8, 4) is 33.5 Å². The van der Waals surface area contributed by atoms with Gasteiger partial charge in [-0.15, -0.1) is 0 Å². The van der Waals surface area contributed by atoms with E-state index in [4.69, 9.17) is 0 Å². The van der Waals surface area contributed by atoms with Gasteiger partial charge in [-0.3, -0.25) is 4.79 Å². The third-order valence-corrected chi connectivity index (χ3v) is 9.37. The predicted molar refractivity (Wildman–Crippen MR) is 162 cm³/mol. The first kappa shape index (κ1) is 31.7. The van der Waals surface area contributed by atoms with E-state index in [1.54, 1.807) is 0 Å².